The van der Waals surface area contributed by atoms with Crippen LogP contribution in [0.3, 0.4) is 0 Å². The number of para-hydroxylation sites is 1. The van der Waals surface area contributed by atoms with Gasteiger partial charge in [-0.05, 0) is 48.0 Å². The maximum atomic E-state index is 13.5. The van der Waals surface area contributed by atoms with E-state index < -0.39 is 33.8 Å². The summed E-state index contributed by atoms with van der Waals surface area (Å²) >= 11 is 24.7. The van der Waals surface area contributed by atoms with Crippen molar-refractivity contribution in [3.05, 3.63) is 93.7 Å². The molecule has 4 rings (SSSR count). The van der Waals surface area contributed by atoms with Gasteiger partial charge in [-0.15, -0.1) is 23.2 Å². The highest BCUT2D eigenvalue weighted by Gasteiger charge is 2.67. The highest BCUT2D eigenvalue weighted by Crippen LogP contribution is 2.65. The Hall–Kier alpha value is -2.31. The summed E-state index contributed by atoms with van der Waals surface area (Å²) in [5, 5.41) is 5.61. The number of carbonyl (C=O) groups is 2. The maximum absolute atomic E-state index is 13.5. The summed E-state index contributed by atoms with van der Waals surface area (Å²) in [6, 6.07) is 17.5. The molecule has 1 aliphatic carbocycles. The number of anilines is 2. The Kier molecular flexibility index (Phi) is 6.37. The van der Waals surface area contributed by atoms with Crippen LogP contribution >= 0.6 is 46.4 Å². The average molecular weight is 512 g/mol. The van der Waals surface area contributed by atoms with Crippen molar-refractivity contribution < 1.29 is 14.0 Å². The first kappa shape index (κ1) is 22.9. The lowest BCUT2D eigenvalue weighted by molar-refractivity contribution is -0.117. The Balaban J connectivity index is 1.50. The van der Waals surface area contributed by atoms with Gasteiger partial charge in [-0.25, -0.2) is 4.39 Å². The Bertz CT molecular complexity index is 1200. The second-order valence-electron chi connectivity index (χ2n) is 7.31. The number of carbonyl (C=O) groups excluding carboxylic acids is 2. The van der Waals surface area contributed by atoms with Gasteiger partial charge in [-0.1, -0.05) is 47.5 Å². The van der Waals surface area contributed by atoms with Gasteiger partial charge in [-0.3, -0.25) is 9.59 Å². The van der Waals surface area contributed by atoms with E-state index in [1.807, 2.05) is 6.07 Å². The molecular formula is C23H15Cl4FN2O2. The molecule has 32 heavy (non-hydrogen) atoms. The van der Waals surface area contributed by atoms with Crippen LogP contribution in [0.1, 0.15) is 21.8 Å². The lowest BCUT2D eigenvalue weighted by atomic mass is 10.1. The average Bonchev–Trinajstić information content (AvgIpc) is 3.34. The monoisotopic (exact) mass is 510 g/mol. The zero-order chi connectivity index (χ0) is 23.0. The molecule has 0 radical (unpaired) electrons. The topological polar surface area (TPSA) is 58.2 Å². The smallest absolute Gasteiger partial charge is 0.257 e. The second-order valence-corrected chi connectivity index (χ2v) is 9.57. The van der Waals surface area contributed by atoms with Crippen molar-refractivity contribution in [2.24, 2.45) is 5.92 Å². The molecule has 1 aliphatic rings. The molecule has 3 aromatic rings. The highest BCUT2D eigenvalue weighted by atomic mass is 35.5. The molecule has 9 heteroatoms. The fourth-order valence-electron chi connectivity index (χ4n) is 3.49. The minimum absolute atomic E-state index is 0.0792. The summed E-state index contributed by atoms with van der Waals surface area (Å²) in [6.07, 6.45) is 0. The van der Waals surface area contributed by atoms with Gasteiger partial charge in [0.15, 0.2) is 0 Å². The molecule has 1 fully saturated rings. The third-order valence-electron chi connectivity index (χ3n) is 5.15. The number of hydrogen-bond donors (Lipinski definition) is 2. The minimum Gasteiger partial charge on any atom is -0.326 e. The fraction of sp³-hybridized carbons (Fsp3) is 0.130. The molecule has 0 aromatic heterocycles. The first-order chi connectivity index (χ1) is 15.2. The van der Waals surface area contributed by atoms with Gasteiger partial charge in [-0.2, -0.15) is 0 Å². The molecule has 1 saturated carbocycles. The zero-order valence-corrected chi connectivity index (χ0v) is 19.2. The van der Waals surface area contributed by atoms with Crippen molar-refractivity contribution in [3.8, 4) is 0 Å². The van der Waals surface area contributed by atoms with E-state index in [-0.39, 0.29) is 15.6 Å². The van der Waals surface area contributed by atoms with E-state index in [4.69, 9.17) is 46.4 Å². The Morgan fingerprint density at radius 1 is 0.844 bits per heavy atom. The molecule has 2 amide bonds. The first-order valence-electron chi connectivity index (χ1n) is 9.48. The SMILES string of the molecule is O=C(Nc1ccccc1)c1cc(NC(=O)[C@@H]2[C@@H](c3ccc(F)c(Cl)c3)C2(Cl)Cl)ccc1Cl. The second kappa shape index (κ2) is 8.91. The quantitative estimate of drug-likeness (QED) is 0.365. The Morgan fingerprint density at radius 3 is 2.25 bits per heavy atom. The van der Waals surface area contributed by atoms with E-state index in [2.05, 4.69) is 10.6 Å². The molecular weight excluding hydrogens is 497 g/mol. The molecule has 0 saturated heterocycles. The zero-order valence-electron chi connectivity index (χ0n) is 16.2. The molecule has 0 unspecified atom stereocenters. The fourth-order valence-corrected chi connectivity index (χ4v) is 4.71. The number of halogens is 5. The van der Waals surface area contributed by atoms with Crippen LogP contribution in [0.25, 0.3) is 0 Å². The minimum atomic E-state index is -1.37. The van der Waals surface area contributed by atoms with Crippen LogP contribution in [0.4, 0.5) is 15.8 Å². The number of amides is 2. The number of nitrogens with one attached hydrogen (secondary N) is 2. The van der Waals surface area contributed by atoms with Crippen LogP contribution in [-0.4, -0.2) is 16.1 Å². The Labute approximate surface area is 203 Å². The summed E-state index contributed by atoms with van der Waals surface area (Å²) < 4.78 is 12.1. The lowest BCUT2D eigenvalue weighted by Gasteiger charge is -2.10. The van der Waals surface area contributed by atoms with Crippen molar-refractivity contribution in [1.82, 2.24) is 0 Å². The van der Waals surface area contributed by atoms with E-state index in [1.165, 1.54) is 30.3 Å². The molecule has 0 bridgehead atoms. The van der Waals surface area contributed by atoms with Crippen molar-refractivity contribution in [3.63, 3.8) is 0 Å². The number of benzene rings is 3. The summed E-state index contributed by atoms with van der Waals surface area (Å²) in [6.45, 7) is 0. The van der Waals surface area contributed by atoms with Crippen LogP contribution in [0.5, 0.6) is 0 Å². The van der Waals surface area contributed by atoms with Gasteiger partial charge in [0.05, 0.1) is 21.5 Å². The van der Waals surface area contributed by atoms with Crippen molar-refractivity contribution >= 4 is 69.6 Å². The van der Waals surface area contributed by atoms with Gasteiger partial charge in [0.25, 0.3) is 5.91 Å². The van der Waals surface area contributed by atoms with E-state index in [0.717, 1.165) is 0 Å². The van der Waals surface area contributed by atoms with Crippen LogP contribution in [-0.2, 0) is 4.79 Å². The van der Waals surface area contributed by atoms with E-state index in [0.29, 0.717) is 16.9 Å². The summed E-state index contributed by atoms with van der Waals surface area (Å²) in [5.41, 5.74) is 1.70. The summed E-state index contributed by atoms with van der Waals surface area (Å²) in [5.74, 6) is -2.79. The van der Waals surface area contributed by atoms with Gasteiger partial charge in [0.2, 0.25) is 5.91 Å². The predicted molar refractivity (Wildman–Crippen MR) is 127 cm³/mol. The molecule has 3 aromatic carbocycles. The van der Waals surface area contributed by atoms with Gasteiger partial charge in [0.1, 0.15) is 10.2 Å². The molecule has 0 aliphatic heterocycles. The number of alkyl halides is 2. The van der Waals surface area contributed by atoms with Crippen molar-refractivity contribution in [1.29, 1.82) is 0 Å². The summed E-state index contributed by atoms with van der Waals surface area (Å²) in [7, 11) is 0. The van der Waals surface area contributed by atoms with Crippen LogP contribution in [0.15, 0.2) is 66.7 Å². The normalized spacial score (nSPS) is 18.7. The molecule has 164 valence electrons. The standard InChI is InChI=1S/C23H15Cl4FN2O2/c24-16-8-7-14(11-15(16)21(31)29-13-4-2-1-3-5-13)30-22(32)20-19(23(20,26)27)12-6-9-18(28)17(25)10-12/h1-11,19-20H,(H,29,31)(H,30,32)/t19-,20+/m1/s1. The molecule has 2 N–H and O–H groups in total. The van der Waals surface area contributed by atoms with Gasteiger partial charge < -0.3 is 10.6 Å². The number of hydrogen-bond acceptors (Lipinski definition) is 2. The van der Waals surface area contributed by atoms with E-state index >= 15 is 0 Å². The molecule has 4 nitrogen and oxygen atoms in total. The van der Waals surface area contributed by atoms with Gasteiger partial charge >= 0.3 is 0 Å². The summed E-state index contributed by atoms with van der Waals surface area (Å²) in [4.78, 5) is 25.5. The van der Waals surface area contributed by atoms with Crippen LogP contribution in [0, 0.1) is 11.7 Å². The molecule has 0 heterocycles. The van der Waals surface area contributed by atoms with Crippen LogP contribution in [0.2, 0.25) is 10.0 Å². The van der Waals surface area contributed by atoms with Gasteiger partial charge in [0, 0.05) is 17.3 Å². The molecule has 0 spiro atoms. The Morgan fingerprint density at radius 2 is 1.56 bits per heavy atom. The maximum Gasteiger partial charge on any atom is 0.257 e. The number of rotatable bonds is 5. The first-order valence-corrected chi connectivity index (χ1v) is 11.0. The lowest BCUT2D eigenvalue weighted by Crippen LogP contribution is -2.18. The van der Waals surface area contributed by atoms with Crippen molar-refractivity contribution in [2.45, 2.75) is 10.3 Å². The van der Waals surface area contributed by atoms with E-state index in [1.54, 1.807) is 30.3 Å². The molecule has 2 atom stereocenters. The largest absolute Gasteiger partial charge is 0.326 e. The van der Waals surface area contributed by atoms with Crippen molar-refractivity contribution in [2.75, 3.05) is 10.6 Å². The third-order valence-corrected chi connectivity index (χ3v) is 6.71. The third kappa shape index (κ3) is 4.57. The predicted octanol–water partition coefficient (Wildman–Crippen LogP) is 6.91. The van der Waals surface area contributed by atoms with E-state index in [9.17, 15) is 14.0 Å². The van der Waals surface area contributed by atoms with Crippen LogP contribution < -0.4 is 10.6 Å². The highest BCUT2D eigenvalue weighted by molar-refractivity contribution is 6.53.